The molecule has 1 aromatic rings. The Morgan fingerprint density at radius 3 is 2.63 bits per heavy atom. The zero-order chi connectivity index (χ0) is 14.6. The second-order valence-electron chi connectivity index (χ2n) is 4.51. The number of thiazole rings is 1. The predicted molar refractivity (Wildman–Crippen MR) is 79.5 cm³/mol. The third kappa shape index (κ3) is 4.06. The van der Waals surface area contributed by atoms with Gasteiger partial charge in [-0.15, -0.1) is 0 Å². The number of anilines is 1. The van der Waals surface area contributed by atoms with Crippen LogP contribution in [0, 0.1) is 0 Å². The second kappa shape index (κ2) is 7.07. The number of carbonyl (C=O) groups is 1. The molecule has 7 heteroatoms. The number of methoxy groups -OCH3 is 1. The summed E-state index contributed by atoms with van der Waals surface area (Å²) in [7, 11) is 5.39. The van der Waals surface area contributed by atoms with Crippen LogP contribution < -0.4 is 4.90 Å². The lowest BCUT2D eigenvalue weighted by Crippen LogP contribution is -2.40. The van der Waals surface area contributed by atoms with Crippen LogP contribution >= 0.6 is 22.9 Å². The zero-order valence-electron chi connectivity index (χ0n) is 11.9. The number of aromatic nitrogens is 1. The minimum atomic E-state index is -0.440. The van der Waals surface area contributed by atoms with Crippen molar-refractivity contribution in [3.63, 3.8) is 0 Å². The van der Waals surface area contributed by atoms with E-state index >= 15 is 0 Å². The van der Waals surface area contributed by atoms with Crippen LogP contribution in [-0.4, -0.2) is 56.2 Å². The Kier molecular flexibility index (Phi) is 6.03. The fraction of sp³-hybridized carbons (Fsp3) is 0.667. The molecule has 0 N–H and O–H groups in total. The van der Waals surface area contributed by atoms with Crippen LogP contribution in [0.5, 0.6) is 0 Å². The molecule has 5 nitrogen and oxygen atoms in total. The van der Waals surface area contributed by atoms with Crippen LogP contribution in [0.1, 0.15) is 23.5 Å². The van der Waals surface area contributed by atoms with Crippen molar-refractivity contribution in [3.05, 3.63) is 10.0 Å². The molecular formula is C12H20ClN3O2S. The third-order valence-electron chi connectivity index (χ3n) is 2.69. The van der Waals surface area contributed by atoms with E-state index in [1.165, 1.54) is 18.4 Å². The monoisotopic (exact) mass is 305 g/mol. The van der Waals surface area contributed by atoms with E-state index in [0.29, 0.717) is 4.88 Å². The molecule has 0 bridgehead atoms. The SMILES string of the molecule is CCN(c1nc(Cl)c(C(=O)OC)s1)C(C)CN(C)C. The summed E-state index contributed by atoms with van der Waals surface area (Å²) in [4.78, 5) is 20.4. The molecule has 0 saturated heterocycles. The summed E-state index contributed by atoms with van der Waals surface area (Å²) in [5, 5.41) is 0.963. The van der Waals surface area contributed by atoms with Crippen molar-refractivity contribution in [1.29, 1.82) is 0 Å². The van der Waals surface area contributed by atoms with Gasteiger partial charge in [-0.2, -0.15) is 0 Å². The average molecular weight is 306 g/mol. The van der Waals surface area contributed by atoms with Gasteiger partial charge in [-0.05, 0) is 27.9 Å². The van der Waals surface area contributed by atoms with E-state index in [-0.39, 0.29) is 11.2 Å². The lowest BCUT2D eigenvalue weighted by Gasteiger charge is -2.29. The lowest BCUT2D eigenvalue weighted by atomic mass is 10.3. The maximum Gasteiger partial charge on any atom is 0.351 e. The highest BCUT2D eigenvalue weighted by Crippen LogP contribution is 2.31. The largest absolute Gasteiger partial charge is 0.465 e. The number of hydrogen-bond donors (Lipinski definition) is 0. The van der Waals surface area contributed by atoms with Gasteiger partial charge in [-0.3, -0.25) is 0 Å². The molecule has 1 atom stereocenters. The van der Waals surface area contributed by atoms with Gasteiger partial charge in [0.1, 0.15) is 0 Å². The van der Waals surface area contributed by atoms with Crippen LogP contribution in [0.3, 0.4) is 0 Å². The number of esters is 1. The molecule has 1 unspecified atom stereocenters. The number of halogens is 1. The zero-order valence-corrected chi connectivity index (χ0v) is 13.5. The normalized spacial score (nSPS) is 12.6. The first-order valence-electron chi connectivity index (χ1n) is 6.06. The lowest BCUT2D eigenvalue weighted by molar-refractivity contribution is 0.0606. The number of likely N-dealkylation sites (N-methyl/N-ethyl adjacent to an activating group) is 2. The molecule has 0 aromatic carbocycles. The molecule has 1 rings (SSSR count). The van der Waals surface area contributed by atoms with Gasteiger partial charge in [0.05, 0.1) is 7.11 Å². The Balaban J connectivity index is 2.96. The molecular weight excluding hydrogens is 286 g/mol. The standard InChI is InChI=1S/C12H20ClN3O2S/c1-6-16(8(2)7-15(3)4)12-14-10(13)9(19-12)11(17)18-5/h8H,6-7H2,1-5H3. The molecule has 0 amide bonds. The van der Waals surface area contributed by atoms with Crippen LogP contribution in [0.15, 0.2) is 0 Å². The Labute approximate surface area is 123 Å². The van der Waals surface area contributed by atoms with E-state index < -0.39 is 5.97 Å². The molecule has 0 radical (unpaired) electrons. The Hall–Kier alpha value is -0.850. The van der Waals surface area contributed by atoms with Crippen molar-refractivity contribution >= 4 is 34.0 Å². The minimum absolute atomic E-state index is 0.211. The van der Waals surface area contributed by atoms with Crippen LogP contribution in [0.2, 0.25) is 5.15 Å². The van der Waals surface area contributed by atoms with Crippen molar-refractivity contribution in [3.8, 4) is 0 Å². The number of rotatable bonds is 6. The van der Waals surface area contributed by atoms with Gasteiger partial charge in [0.15, 0.2) is 15.2 Å². The maximum absolute atomic E-state index is 11.5. The first-order chi connectivity index (χ1) is 8.90. The quantitative estimate of drug-likeness (QED) is 0.755. The van der Waals surface area contributed by atoms with Gasteiger partial charge < -0.3 is 14.5 Å². The highest BCUT2D eigenvalue weighted by atomic mass is 35.5. The predicted octanol–water partition coefficient (Wildman–Crippen LogP) is 2.36. The summed E-state index contributed by atoms with van der Waals surface area (Å²) in [6, 6.07) is 0.285. The number of nitrogens with zero attached hydrogens (tertiary/aromatic N) is 3. The van der Waals surface area contributed by atoms with Crippen LogP contribution in [-0.2, 0) is 4.74 Å². The molecule has 0 spiro atoms. The number of hydrogen-bond acceptors (Lipinski definition) is 6. The smallest absolute Gasteiger partial charge is 0.351 e. The summed E-state index contributed by atoms with van der Waals surface area (Å²) in [6.07, 6.45) is 0. The maximum atomic E-state index is 11.5. The van der Waals surface area contributed by atoms with Crippen molar-refractivity contribution < 1.29 is 9.53 Å². The van der Waals surface area contributed by atoms with E-state index in [1.54, 1.807) is 0 Å². The van der Waals surface area contributed by atoms with Gasteiger partial charge in [0.25, 0.3) is 0 Å². The number of ether oxygens (including phenoxy) is 1. The highest BCUT2D eigenvalue weighted by Gasteiger charge is 2.22. The summed E-state index contributed by atoms with van der Waals surface area (Å²) < 4.78 is 4.69. The van der Waals surface area contributed by atoms with Gasteiger partial charge in [0, 0.05) is 19.1 Å². The summed E-state index contributed by atoms with van der Waals surface area (Å²) in [6.45, 7) is 5.88. The van der Waals surface area contributed by atoms with Crippen molar-refractivity contribution in [2.24, 2.45) is 0 Å². The first kappa shape index (κ1) is 16.2. The molecule has 0 fully saturated rings. The van der Waals surface area contributed by atoms with Gasteiger partial charge in [-0.1, -0.05) is 22.9 Å². The van der Waals surface area contributed by atoms with E-state index in [9.17, 15) is 4.79 Å². The van der Waals surface area contributed by atoms with Crippen molar-refractivity contribution in [2.75, 3.05) is 39.2 Å². The fourth-order valence-electron chi connectivity index (χ4n) is 1.89. The van der Waals surface area contributed by atoms with E-state index in [1.807, 2.05) is 14.1 Å². The highest BCUT2D eigenvalue weighted by molar-refractivity contribution is 7.18. The summed E-state index contributed by atoms with van der Waals surface area (Å²) in [5.74, 6) is -0.440. The van der Waals surface area contributed by atoms with E-state index in [0.717, 1.165) is 18.2 Å². The van der Waals surface area contributed by atoms with Gasteiger partial charge in [0.2, 0.25) is 0 Å². The third-order valence-corrected chi connectivity index (χ3v) is 4.15. The van der Waals surface area contributed by atoms with Crippen molar-refractivity contribution in [1.82, 2.24) is 9.88 Å². The van der Waals surface area contributed by atoms with Crippen LogP contribution in [0.4, 0.5) is 5.13 Å². The van der Waals surface area contributed by atoms with Crippen LogP contribution in [0.25, 0.3) is 0 Å². The second-order valence-corrected chi connectivity index (χ2v) is 5.84. The van der Waals surface area contributed by atoms with E-state index in [2.05, 4.69) is 33.4 Å². The molecule has 0 aliphatic carbocycles. The molecule has 0 saturated carbocycles. The molecule has 0 aliphatic rings. The Morgan fingerprint density at radius 1 is 1.53 bits per heavy atom. The summed E-state index contributed by atoms with van der Waals surface area (Å²) in [5.41, 5.74) is 0. The Morgan fingerprint density at radius 2 is 2.16 bits per heavy atom. The Bertz CT molecular complexity index is 437. The molecule has 0 aliphatic heterocycles. The van der Waals surface area contributed by atoms with E-state index in [4.69, 9.17) is 11.6 Å². The summed E-state index contributed by atoms with van der Waals surface area (Å²) >= 11 is 7.26. The van der Waals surface area contributed by atoms with Gasteiger partial charge in [-0.25, -0.2) is 9.78 Å². The fourth-order valence-corrected chi connectivity index (χ4v) is 3.26. The number of carbonyl (C=O) groups excluding carboxylic acids is 1. The first-order valence-corrected chi connectivity index (χ1v) is 7.26. The molecule has 1 heterocycles. The molecule has 108 valence electrons. The van der Waals surface area contributed by atoms with Crippen molar-refractivity contribution in [2.45, 2.75) is 19.9 Å². The van der Waals surface area contributed by atoms with Gasteiger partial charge >= 0.3 is 5.97 Å². The topological polar surface area (TPSA) is 45.7 Å². The minimum Gasteiger partial charge on any atom is -0.465 e. The average Bonchev–Trinajstić information content (AvgIpc) is 2.70. The molecule has 1 aromatic heterocycles. The molecule has 19 heavy (non-hydrogen) atoms.